The second kappa shape index (κ2) is 18.0. The molecule has 0 fully saturated rings. The number of carboxylic acid groups (broad SMARTS) is 1. The number of unbranched alkanes of at least 4 members (excludes halogenated alkanes) is 15. The number of nitro groups is 1. The number of nitro benzene ring substituents is 1. The highest BCUT2D eigenvalue weighted by Gasteiger charge is 2.22. The van der Waals surface area contributed by atoms with Crippen LogP contribution in [0.3, 0.4) is 0 Å². The number of aromatic carboxylic acids is 1. The Balaban J connectivity index is 2.12. The number of carbonyl (C=O) groups excluding carboxylic acids is 1. The summed E-state index contributed by atoms with van der Waals surface area (Å²) in [6.07, 6.45) is 20.5. The molecule has 7 nitrogen and oxygen atoms in total. The van der Waals surface area contributed by atoms with E-state index in [2.05, 4.69) is 6.92 Å². The van der Waals surface area contributed by atoms with Gasteiger partial charge in [-0.1, -0.05) is 103 Å². The molecule has 1 aromatic rings. The van der Waals surface area contributed by atoms with Crippen LogP contribution in [0.4, 0.5) is 5.69 Å². The van der Waals surface area contributed by atoms with E-state index in [1.165, 1.54) is 101 Å². The fourth-order valence-corrected chi connectivity index (χ4v) is 4.21. The largest absolute Gasteiger partial charge is 0.478 e. The van der Waals surface area contributed by atoms with Crippen LogP contribution in [0, 0.1) is 10.1 Å². The first kappa shape index (κ1) is 29.6. The van der Waals surface area contributed by atoms with E-state index < -0.39 is 16.8 Å². The number of carbonyl (C=O) groups is 2. The highest BCUT2D eigenvalue weighted by Crippen LogP contribution is 2.20. The fourth-order valence-electron chi connectivity index (χ4n) is 4.21. The summed E-state index contributed by atoms with van der Waals surface area (Å²) in [5.74, 6) is -1.77. The number of rotatable bonds is 20. The molecule has 0 aromatic heterocycles. The van der Waals surface area contributed by atoms with Crippen LogP contribution in [0.25, 0.3) is 0 Å². The quantitative estimate of drug-likeness (QED) is 0.118. The van der Waals surface area contributed by atoms with Gasteiger partial charge in [0.15, 0.2) is 0 Å². The third-order valence-corrected chi connectivity index (χ3v) is 6.37. The average Bonchev–Trinajstić information content (AvgIpc) is 2.82. The molecule has 192 valence electrons. The van der Waals surface area contributed by atoms with E-state index >= 15 is 0 Å². The molecular formula is C27H44N2O5. The summed E-state index contributed by atoms with van der Waals surface area (Å²) >= 11 is 0. The van der Waals surface area contributed by atoms with Gasteiger partial charge in [0.1, 0.15) is 0 Å². The van der Waals surface area contributed by atoms with Crippen LogP contribution < -0.4 is 0 Å². The number of non-ortho nitro benzene ring substituents is 1. The van der Waals surface area contributed by atoms with Gasteiger partial charge in [0.25, 0.3) is 11.6 Å². The summed E-state index contributed by atoms with van der Waals surface area (Å²) in [5.41, 5.74) is -0.690. The van der Waals surface area contributed by atoms with Crippen molar-refractivity contribution >= 4 is 17.6 Å². The van der Waals surface area contributed by atoms with Crippen molar-refractivity contribution in [3.8, 4) is 0 Å². The van der Waals surface area contributed by atoms with E-state index in [9.17, 15) is 24.8 Å². The molecule has 1 N–H and O–H groups in total. The predicted octanol–water partition coefficient (Wildman–Crippen LogP) is 7.63. The molecule has 0 aliphatic rings. The maximum absolute atomic E-state index is 12.6. The predicted molar refractivity (Wildman–Crippen MR) is 137 cm³/mol. The first-order valence-corrected chi connectivity index (χ1v) is 13.2. The molecule has 0 aliphatic carbocycles. The van der Waals surface area contributed by atoms with Crippen LogP contribution in [-0.4, -0.2) is 40.4 Å². The first-order valence-electron chi connectivity index (χ1n) is 13.2. The van der Waals surface area contributed by atoms with Gasteiger partial charge in [-0.15, -0.1) is 0 Å². The van der Waals surface area contributed by atoms with Crippen molar-refractivity contribution in [1.82, 2.24) is 4.90 Å². The van der Waals surface area contributed by atoms with Crippen molar-refractivity contribution in [2.24, 2.45) is 0 Å². The number of amides is 1. The molecular weight excluding hydrogens is 432 g/mol. The molecule has 0 aliphatic heterocycles. The fraction of sp³-hybridized carbons (Fsp3) is 0.704. The Labute approximate surface area is 205 Å². The second-order valence-electron chi connectivity index (χ2n) is 9.32. The van der Waals surface area contributed by atoms with Crippen LogP contribution in [0.5, 0.6) is 0 Å². The second-order valence-corrected chi connectivity index (χ2v) is 9.32. The molecule has 1 rings (SSSR count). The summed E-state index contributed by atoms with van der Waals surface area (Å²) in [7, 11) is 1.64. The lowest BCUT2D eigenvalue weighted by Crippen LogP contribution is -2.29. The third-order valence-electron chi connectivity index (χ3n) is 6.37. The SMILES string of the molecule is CCCCCCCCCCCCCCCCCCN(C)C(=O)c1ccc([N+](=O)[O-])cc1C(=O)O. The maximum atomic E-state index is 12.6. The molecule has 0 atom stereocenters. The van der Waals surface area contributed by atoms with Crippen molar-refractivity contribution in [2.45, 2.75) is 110 Å². The topological polar surface area (TPSA) is 101 Å². The lowest BCUT2D eigenvalue weighted by Gasteiger charge is -2.18. The zero-order valence-electron chi connectivity index (χ0n) is 21.2. The van der Waals surface area contributed by atoms with E-state index in [0.717, 1.165) is 25.3 Å². The van der Waals surface area contributed by atoms with Crippen molar-refractivity contribution in [1.29, 1.82) is 0 Å². The standard InChI is InChI=1S/C27H44N2O5/c1-3-4-5-6-7-8-9-10-11-12-13-14-15-16-17-18-21-28(2)26(30)24-20-19-23(29(33)34)22-25(24)27(31)32/h19-20,22H,3-18,21H2,1-2H3,(H,31,32). The summed E-state index contributed by atoms with van der Waals surface area (Å²) < 4.78 is 0. The summed E-state index contributed by atoms with van der Waals surface area (Å²) in [5, 5.41) is 20.2. The smallest absolute Gasteiger partial charge is 0.336 e. The van der Waals surface area contributed by atoms with Crippen LogP contribution >= 0.6 is 0 Å². The Bertz CT molecular complexity index is 751. The van der Waals surface area contributed by atoms with Crippen molar-refractivity contribution in [3.63, 3.8) is 0 Å². The Morgan fingerprint density at radius 1 is 0.794 bits per heavy atom. The van der Waals surface area contributed by atoms with Gasteiger partial charge >= 0.3 is 5.97 Å². The maximum Gasteiger partial charge on any atom is 0.336 e. The van der Waals surface area contributed by atoms with Gasteiger partial charge in [-0.05, 0) is 12.5 Å². The minimum atomic E-state index is -1.34. The summed E-state index contributed by atoms with van der Waals surface area (Å²) in [6, 6.07) is 3.34. The summed E-state index contributed by atoms with van der Waals surface area (Å²) in [4.78, 5) is 35.8. The molecule has 1 amide bonds. The molecule has 0 bridgehead atoms. The number of hydrogen-bond acceptors (Lipinski definition) is 4. The highest BCUT2D eigenvalue weighted by molar-refractivity contribution is 6.05. The molecule has 0 radical (unpaired) electrons. The van der Waals surface area contributed by atoms with Gasteiger partial charge in [-0.3, -0.25) is 14.9 Å². The Morgan fingerprint density at radius 2 is 1.24 bits per heavy atom. The lowest BCUT2D eigenvalue weighted by molar-refractivity contribution is -0.384. The molecule has 0 unspecified atom stereocenters. The zero-order valence-corrected chi connectivity index (χ0v) is 21.2. The van der Waals surface area contributed by atoms with Crippen LogP contribution in [0.1, 0.15) is 130 Å². The first-order chi connectivity index (χ1) is 16.4. The number of carboxylic acids is 1. The van der Waals surface area contributed by atoms with Crippen molar-refractivity contribution in [3.05, 3.63) is 39.4 Å². The minimum Gasteiger partial charge on any atom is -0.478 e. The Hall–Kier alpha value is -2.44. The van der Waals surface area contributed by atoms with Gasteiger partial charge in [0, 0.05) is 25.7 Å². The number of benzene rings is 1. The van der Waals surface area contributed by atoms with Gasteiger partial charge in [-0.25, -0.2) is 4.79 Å². The van der Waals surface area contributed by atoms with Crippen LogP contribution in [-0.2, 0) is 0 Å². The highest BCUT2D eigenvalue weighted by atomic mass is 16.6. The van der Waals surface area contributed by atoms with E-state index in [1.54, 1.807) is 7.05 Å². The van der Waals surface area contributed by atoms with Crippen molar-refractivity contribution < 1.29 is 19.6 Å². The zero-order chi connectivity index (χ0) is 25.2. The molecule has 7 heteroatoms. The molecule has 0 heterocycles. The van der Waals surface area contributed by atoms with Gasteiger partial charge in [0.05, 0.1) is 16.1 Å². The van der Waals surface area contributed by atoms with Gasteiger partial charge in [-0.2, -0.15) is 0 Å². The average molecular weight is 477 g/mol. The number of nitrogens with zero attached hydrogens (tertiary/aromatic N) is 2. The lowest BCUT2D eigenvalue weighted by atomic mass is 10.0. The Morgan fingerprint density at radius 3 is 1.65 bits per heavy atom. The van der Waals surface area contributed by atoms with E-state index in [4.69, 9.17) is 0 Å². The molecule has 0 spiro atoms. The normalized spacial score (nSPS) is 10.9. The Kier molecular flexibility index (Phi) is 15.6. The van der Waals surface area contributed by atoms with Crippen LogP contribution in [0.2, 0.25) is 0 Å². The molecule has 34 heavy (non-hydrogen) atoms. The minimum absolute atomic E-state index is 0.0166. The van der Waals surface area contributed by atoms with E-state index in [0.29, 0.717) is 6.54 Å². The summed E-state index contributed by atoms with van der Waals surface area (Å²) in [6.45, 7) is 2.79. The molecule has 0 saturated carbocycles. The van der Waals surface area contributed by atoms with Crippen LogP contribution in [0.15, 0.2) is 18.2 Å². The monoisotopic (exact) mass is 476 g/mol. The van der Waals surface area contributed by atoms with Gasteiger partial charge in [0.2, 0.25) is 0 Å². The van der Waals surface area contributed by atoms with E-state index in [-0.39, 0.29) is 16.8 Å². The third kappa shape index (κ3) is 12.1. The van der Waals surface area contributed by atoms with Gasteiger partial charge < -0.3 is 10.0 Å². The molecule has 0 saturated heterocycles. The molecule has 1 aromatic carbocycles. The van der Waals surface area contributed by atoms with Crippen molar-refractivity contribution in [2.75, 3.05) is 13.6 Å². The number of hydrogen-bond donors (Lipinski definition) is 1. The van der Waals surface area contributed by atoms with E-state index in [1.807, 2.05) is 0 Å².